The molecule has 26 heavy (non-hydrogen) atoms. The van der Waals surface area contributed by atoms with Crippen molar-refractivity contribution < 1.29 is 13.2 Å². The van der Waals surface area contributed by atoms with Gasteiger partial charge in [0.05, 0.1) is 10.6 Å². The van der Waals surface area contributed by atoms with Crippen molar-refractivity contribution >= 4 is 38.8 Å². The smallest absolute Gasteiger partial charge is 0.243 e. The van der Waals surface area contributed by atoms with Crippen LogP contribution in [-0.4, -0.2) is 37.1 Å². The molecule has 0 saturated carbocycles. The molecule has 0 bridgehead atoms. The second-order valence-corrected chi connectivity index (χ2v) is 8.73. The number of carbonyl (C=O) groups is 1. The Hall–Kier alpha value is -2.15. The van der Waals surface area contributed by atoms with Crippen LogP contribution in [0.3, 0.4) is 0 Å². The molecule has 4 rings (SSSR count). The summed E-state index contributed by atoms with van der Waals surface area (Å²) in [5, 5.41) is 1.21. The molecule has 5 nitrogen and oxygen atoms in total. The van der Waals surface area contributed by atoms with Gasteiger partial charge in [-0.3, -0.25) is 4.79 Å². The van der Waals surface area contributed by atoms with Crippen LogP contribution >= 0.6 is 11.6 Å². The van der Waals surface area contributed by atoms with Gasteiger partial charge in [0.1, 0.15) is 0 Å². The van der Waals surface area contributed by atoms with Crippen molar-refractivity contribution in [1.29, 1.82) is 0 Å². The number of aromatic amines is 1. The number of benzene rings is 2. The third kappa shape index (κ3) is 2.84. The zero-order chi connectivity index (χ0) is 18.3. The van der Waals surface area contributed by atoms with E-state index >= 15 is 0 Å². The zero-order valence-electron chi connectivity index (χ0n) is 13.9. The monoisotopic (exact) mass is 388 g/mol. The Labute approximate surface area is 156 Å². The SMILES string of the molecule is O=Cc1c(-c2ccc(Cl)cc2)[nH]c2ccc(S(=O)(=O)N3CCCC3)cc12. The second kappa shape index (κ2) is 6.54. The minimum atomic E-state index is -3.53. The first-order valence-electron chi connectivity index (χ1n) is 8.38. The molecule has 7 heteroatoms. The Bertz CT molecular complexity index is 1080. The number of hydrogen-bond acceptors (Lipinski definition) is 3. The van der Waals surface area contributed by atoms with Gasteiger partial charge in [-0.05, 0) is 48.7 Å². The van der Waals surface area contributed by atoms with Crippen LogP contribution in [0.4, 0.5) is 0 Å². The molecule has 0 unspecified atom stereocenters. The lowest BCUT2D eigenvalue weighted by Crippen LogP contribution is -2.27. The molecular formula is C19H17ClN2O3S. The zero-order valence-corrected chi connectivity index (χ0v) is 15.5. The van der Waals surface area contributed by atoms with E-state index in [4.69, 9.17) is 11.6 Å². The maximum absolute atomic E-state index is 12.8. The fourth-order valence-corrected chi connectivity index (χ4v) is 5.07. The summed E-state index contributed by atoms with van der Waals surface area (Å²) in [4.78, 5) is 15.2. The van der Waals surface area contributed by atoms with E-state index in [-0.39, 0.29) is 4.90 Å². The van der Waals surface area contributed by atoms with Crippen LogP contribution in [0.15, 0.2) is 47.4 Å². The molecule has 1 aromatic heterocycles. The molecule has 3 aromatic rings. The molecule has 0 amide bonds. The highest BCUT2D eigenvalue weighted by Gasteiger charge is 2.27. The molecule has 0 aliphatic carbocycles. The average molecular weight is 389 g/mol. The second-order valence-electron chi connectivity index (χ2n) is 6.36. The molecule has 0 radical (unpaired) electrons. The number of aromatic nitrogens is 1. The van der Waals surface area contributed by atoms with Crippen molar-refractivity contribution in [3.05, 3.63) is 53.1 Å². The number of H-pyrrole nitrogens is 1. The molecule has 1 fully saturated rings. The topological polar surface area (TPSA) is 70.2 Å². The molecule has 0 atom stereocenters. The number of fused-ring (bicyclic) bond motifs is 1. The molecule has 2 aromatic carbocycles. The molecule has 1 N–H and O–H groups in total. The van der Waals surface area contributed by atoms with Gasteiger partial charge in [-0.25, -0.2) is 8.42 Å². The Balaban J connectivity index is 1.86. The maximum Gasteiger partial charge on any atom is 0.243 e. The molecule has 1 aliphatic rings. The van der Waals surface area contributed by atoms with Crippen LogP contribution in [0.25, 0.3) is 22.2 Å². The summed E-state index contributed by atoms with van der Waals surface area (Å²) in [6.07, 6.45) is 2.52. The van der Waals surface area contributed by atoms with Crippen LogP contribution in [0, 0.1) is 0 Å². The third-order valence-corrected chi connectivity index (χ3v) is 6.91. The lowest BCUT2D eigenvalue weighted by molar-refractivity contribution is 0.112. The van der Waals surface area contributed by atoms with E-state index < -0.39 is 10.0 Å². The van der Waals surface area contributed by atoms with Crippen LogP contribution in [0.2, 0.25) is 5.02 Å². The number of nitrogens with one attached hydrogen (secondary N) is 1. The predicted molar refractivity (Wildman–Crippen MR) is 102 cm³/mol. The first kappa shape index (κ1) is 17.3. The van der Waals surface area contributed by atoms with Gasteiger partial charge in [0.15, 0.2) is 6.29 Å². The molecule has 1 saturated heterocycles. The summed E-state index contributed by atoms with van der Waals surface area (Å²) >= 11 is 5.93. The van der Waals surface area contributed by atoms with Gasteiger partial charge in [-0.1, -0.05) is 23.7 Å². The highest BCUT2D eigenvalue weighted by molar-refractivity contribution is 7.89. The lowest BCUT2D eigenvalue weighted by Gasteiger charge is -2.15. The van der Waals surface area contributed by atoms with E-state index in [2.05, 4.69) is 4.98 Å². The van der Waals surface area contributed by atoms with Crippen molar-refractivity contribution in [1.82, 2.24) is 9.29 Å². The number of aldehydes is 1. The van der Waals surface area contributed by atoms with E-state index in [0.717, 1.165) is 30.2 Å². The van der Waals surface area contributed by atoms with Gasteiger partial charge in [0.2, 0.25) is 10.0 Å². The Morgan fingerprint density at radius 1 is 1.04 bits per heavy atom. The first-order valence-corrected chi connectivity index (χ1v) is 10.2. The van der Waals surface area contributed by atoms with Crippen LogP contribution in [0.1, 0.15) is 23.2 Å². The first-order chi connectivity index (χ1) is 12.5. The van der Waals surface area contributed by atoms with Gasteiger partial charge in [0.25, 0.3) is 0 Å². The van der Waals surface area contributed by atoms with Crippen molar-refractivity contribution in [2.45, 2.75) is 17.7 Å². The Kier molecular flexibility index (Phi) is 4.34. The van der Waals surface area contributed by atoms with Crippen molar-refractivity contribution in [3.8, 4) is 11.3 Å². The fourth-order valence-electron chi connectivity index (χ4n) is 3.40. The molecule has 0 spiro atoms. The van der Waals surface area contributed by atoms with E-state index in [9.17, 15) is 13.2 Å². The van der Waals surface area contributed by atoms with E-state index in [1.165, 1.54) is 4.31 Å². The van der Waals surface area contributed by atoms with Gasteiger partial charge >= 0.3 is 0 Å². The van der Waals surface area contributed by atoms with Gasteiger partial charge in [-0.2, -0.15) is 4.31 Å². The number of nitrogens with zero attached hydrogens (tertiary/aromatic N) is 1. The summed E-state index contributed by atoms with van der Waals surface area (Å²) in [6.45, 7) is 1.09. The molecule has 2 heterocycles. The van der Waals surface area contributed by atoms with E-state index in [1.54, 1.807) is 30.3 Å². The minimum Gasteiger partial charge on any atom is -0.354 e. The van der Waals surface area contributed by atoms with Gasteiger partial charge in [0, 0.05) is 34.6 Å². The molecule has 134 valence electrons. The van der Waals surface area contributed by atoms with E-state index in [1.807, 2.05) is 12.1 Å². The van der Waals surface area contributed by atoms with Crippen molar-refractivity contribution in [2.24, 2.45) is 0 Å². The van der Waals surface area contributed by atoms with Crippen LogP contribution in [0.5, 0.6) is 0 Å². The summed E-state index contributed by atoms with van der Waals surface area (Å²) in [5.74, 6) is 0. The number of rotatable bonds is 4. The summed E-state index contributed by atoms with van der Waals surface area (Å²) in [7, 11) is -3.53. The summed E-state index contributed by atoms with van der Waals surface area (Å²) in [6, 6.07) is 12.0. The average Bonchev–Trinajstić information content (AvgIpc) is 3.29. The Morgan fingerprint density at radius 2 is 1.73 bits per heavy atom. The highest BCUT2D eigenvalue weighted by Crippen LogP contribution is 2.32. The molecular weight excluding hydrogens is 372 g/mol. The van der Waals surface area contributed by atoms with Crippen LogP contribution in [-0.2, 0) is 10.0 Å². The fraction of sp³-hybridized carbons (Fsp3) is 0.211. The minimum absolute atomic E-state index is 0.219. The van der Waals surface area contributed by atoms with Crippen molar-refractivity contribution in [2.75, 3.05) is 13.1 Å². The van der Waals surface area contributed by atoms with Crippen molar-refractivity contribution in [3.63, 3.8) is 0 Å². The maximum atomic E-state index is 12.8. The Morgan fingerprint density at radius 3 is 2.38 bits per heavy atom. The summed E-state index contributed by atoms with van der Waals surface area (Å²) < 4.78 is 27.1. The number of sulfonamides is 1. The van der Waals surface area contributed by atoms with E-state index in [0.29, 0.717) is 34.8 Å². The number of hydrogen-bond donors (Lipinski definition) is 1. The highest BCUT2D eigenvalue weighted by atomic mass is 35.5. The third-order valence-electron chi connectivity index (χ3n) is 4.76. The number of carbonyl (C=O) groups excluding carboxylic acids is 1. The lowest BCUT2D eigenvalue weighted by atomic mass is 10.1. The predicted octanol–water partition coefficient (Wildman–Crippen LogP) is 4.09. The summed E-state index contributed by atoms with van der Waals surface area (Å²) in [5.41, 5.74) is 2.64. The standard InChI is InChI=1S/C19H17ClN2O3S/c20-14-5-3-13(4-6-14)19-17(12-23)16-11-15(7-8-18(16)21-19)26(24,25)22-9-1-2-10-22/h3-8,11-12,21H,1-2,9-10H2. The largest absolute Gasteiger partial charge is 0.354 e. The normalized spacial score (nSPS) is 15.6. The number of halogens is 1. The van der Waals surface area contributed by atoms with Gasteiger partial charge < -0.3 is 4.98 Å². The molecule has 1 aliphatic heterocycles. The van der Waals surface area contributed by atoms with Crippen LogP contribution < -0.4 is 0 Å². The van der Waals surface area contributed by atoms with Gasteiger partial charge in [-0.15, -0.1) is 0 Å². The quantitative estimate of drug-likeness (QED) is 0.684.